The molecule has 5 heteroatoms. The monoisotopic (exact) mass is 198 g/mol. The summed E-state index contributed by atoms with van der Waals surface area (Å²) in [6.07, 6.45) is 1.06. The van der Waals surface area contributed by atoms with Gasteiger partial charge in [-0.15, -0.1) is 0 Å². The van der Waals surface area contributed by atoms with Crippen molar-refractivity contribution in [1.29, 1.82) is 0 Å². The third-order valence-corrected chi connectivity index (χ3v) is 1.30. The first-order chi connectivity index (χ1) is 6.47. The molecule has 1 aromatic heterocycles. The molecular formula is C9H14N2O3. The maximum Gasteiger partial charge on any atom is 0.408 e. The second kappa shape index (κ2) is 4.13. The van der Waals surface area contributed by atoms with Crippen molar-refractivity contribution in [3.8, 4) is 0 Å². The Morgan fingerprint density at radius 3 is 2.86 bits per heavy atom. The predicted molar refractivity (Wildman–Crippen MR) is 49.6 cm³/mol. The first kappa shape index (κ1) is 10.6. The second-order valence-corrected chi connectivity index (χ2v) is 3.83. The van der Waals surface area contributed by atoms with E-state index < -0.39 is 11.7 Å². The molecule has 0 bridgehead atoms. The number of rotatable bonds is 2. The van der Waals surface area contributed by atoms with Gasteiger partial charge in [0, 0.05) is 6.07 Å². The molecule has 0 unspecified atom stereocenters. The molecule has 0 aliphatic rings. The summed E-state index contributed by atoms with van der Waals surface area (Å²) < 4.78 is 9.82. The van der Waals surface area contributed by atoms with Crippen LogP contribution in [0.25, 0.3) is 0 Å². The van der Waals surface area contributed by atoms with Gasteiger partial charge in [0.2, 0.25) is 0 Å². The molecule has 0 aromatic carbocycles. The fraction of sp³-hybridized carbons (Fsp3) is 0.556. The molecule has 0 radical (unpaired) electrons. The molecule has 14 heavy (non-hydrogen) atoms. The molecule has 5 nitrogen and oxygen atoms in total. The quantitative estimate of drug-likeness (QED) is 0.785. The van der Waals surface area contributed by atoms with Crippen LogP contribution in [0.15, 0.2) is 16.8 Å². The number of carbonyl (C=O) groups excluding carboxylic acids is 1. The zero-order valence-electron chi connectivity index (χ0n) is 8.53. The molecule has 0 aliphatic heterocycles. The van der Waals surface area contributed by atoms with Gasteiger partial charge in [0.05, 0.1) is 12.7 Å². The molecule has 1 amide bonds. The molecule has 0 fully saturated rings. The highest BCUT2D eigenvalue weighted by molar-refractivity contribution is 5.67. The Balaban J connectivity index is 2.29. The molecule has 0 aliphatic carbocycles. The number of alkyl carbamates (subject to hydrolysis) is 1. The molecule has 1 rings (SSSR count). The van der Waals surface area contributed by atoms with Crippen LogP contribution in [0.1, 0.15) is 26.5 Å². The normalized spacial score (nSPS) is 11.1. The molecule has 0 spiro atoms. The minimum atomic E-state index is -0.481. The Morgan fingerprint density at radius 1 is 1.64 bits per heavy atom. The number of hydrogen-bond donors (Lipinski definition) is 1. The van der Waals surface area contributed by atoms with E-state index in [0.29, 0.717) is 5.76 Å². The molecule has 1 heterocycles. The number of amides is 1. The topological polar surface area (TPSA) is 64.4 Å². The van der Waals surface area contributed by atoms with Crippen molar-refractivity contribution in [2.75, 3.05) is 0 Å². The molecule has 0 saturated carbocycles. The van der Waals surface area contributed by atoms with Crippen LogP contribution in [-0.4, -0.2) is 16.9 Å². The lowest BCUT2D eigenvalue weighted by molar-refractivity contribution is 0.0519. The van der Waals surface area contributed by atoms with Crippen LogP contribution in [0.5, 0.6) is 0 Å². The standard InChI is InChI=1S/C9H14N2O3/c1-9(2,3)13-8(12)10-6-7-4-5-11-14-7/h4-5H,6H2,1-3H3,(H,10,12). The second-order valence-electron chi connectivity index (χ2n) is 3.83. The highest BCUT2D eigenvalue weighted by Crippen LogP contribution is 2.06. The van der Waals surface area contributed by atoms with Gasteiger partial charge in [-0.2, -0.15) is 0 Å². The third kappa shape index (κ3) is 3.93. The van der Waals surface area contributed by atoms with Crippen LogP contribution in [0.3, 0.4) is 0 Å². The smallest absolute Gasteiger partial charge is 0.408 e. The summed E-state index contributed by atoms with van der Waals surface area (Å²) in [6, 6.07) is 1.68. The van der Waals surface area contributed by atoms with Crippen LogP contribution >= 0.6 is 0 Å². The highest BCUT2D eigenvalue weighted by Gasteiger charge is 2.15. The van der Waals surface area contributed by atoms with Crippen molar-refractivity contribution in [2.24, 2.45) is 0 Å². The van der Waals surface area contributed by atoms with Gasteiger partial charge in [0.1, 0.15) is 5.60 Å². The Labute approximate surface area is 82.4 Å². The number of hydrogen-bond acceptors (Lipinski definition) is 4. The van der Waals surface area contributed by atoms with Gasteiger partial charge in [-0.25, -0.2) is 4.79 Å². The lowest BCUT2D eigenvalue weighted by atomic mass is 10.2. The lowest BCUT2D eigenvalue weighted by Crippen LogP contribution is -2.32. The summed E-state index contributed by atoms with van der Waals surface area (Å²) in [5.41, 5.74) is -0.481. The van der Waals surface area contributed by atoms with Crippen LogP contribution < -0.4 is 5.32 Å². The van der Waals surface area contributed by atoms with E-state index in [-0.39, 0.29) is 6.54 Å². The van der Waals surface area contributed by atoms with Crippen LogP contribution in [-0.2, 0) is 11.3 Å². The van der Waals surface area contributed by atoms with Gasteiger partial charge in [-0.1, -0.05) is 5.16 Å². The number of nitrogens with zero attached hydrogens (tertiary/aromatic N) is 1. The summed E-state index contributed by atoms with van der Waals surface area (Å²) in [5.74, 6) is 0.593. The van der Waals surface area contributed by atoms with Crippen LogP contribution in [0.2, 0.25) is 0 Å². The van der Waals surface area contributed by atoms with Crippen LogP contribution in [0.4, 0.5) is 4.79 Å². The molecule has 1 aromatic rings. The van der Waals surface area contributed by atoms with Crippen molar-refractivity contribution in [3.63, 3.8) is 0 Å². The Bertz CT molecular complexity index is 288. The predicted octanol–water partition coefficient (Wildman–Crippen LogP) is 1.70. The Hall–Kier alpha value is -1.52. The summed E-state index contributed by atoms with van der Waals surface area (Å²) in [5, 5.41) is 6.05. The molecule has 0 atom stereocenters. The van der Waals surface area contributed by atoms with Crippen molar-refractivity contribution in [2.45, 2.75) is 32.9 Å². The number of ether oxygens (including phenoxy) is 1. The van der Waals surface area contributed by atoms with E-state index in [2.05, 4.69) is 10.5 Å². The van der Waals surface area contributed by atoms with Gasteiger partial charge >= 0.3 is 6.09 Å². The average Bonchev–Trinajstić information content (AvgIpc) is 2.49. The van der Waals surface area contributed by atoms with E-state index in [0.717, 1.165) is 0 Å². The maximum absolute atomic E-state index is 11.2. The maximum atomic E-state index is 11.2. The van der Waals surface area contributed by atoms with Gasteiger partial charge in [0.15, 0.2) is 5.76 Å². The van der Waals surface area contributed by atoms with Crippen molar-refractivity contribution in [1.82, 2.24) is 10.5 Å². The minimum absolute atomic E-state index is 0.287. The fourth-order valence-electron chi connectivity index (χ4n) is 0.807. The molecule has 1 N–H and O–H groups in total. The Morgan fingerprint density at radius 2 is 2.36 bits per heavy atom. The fourth-order valence-corrected chi connectivity index (χ4v) is 0.807. The minimum Gasteiger partial charge on any atom is -0.444 e. The van der Waals surface area contributed by atoms with Crippen molar-refractivity contribution < 1.29 is 14.1 Å². The average molecular weight is 198 g/mol. The summed E-state index contributed by atoms with van der Waals surface area (Å²) in [7, 11) is 0. The van der Waals surface area contributed by atoms with Gasteiger partial charge in [-0.3, -0.25) is 0 Å². The molecule has 78 valence electrons. The van der Waals surface area contributed by atoms with E-state index >= 15 is 0 Å². The highest BCUT2D eigenvalue weighted by atomic mass is 16.6. The number of nitrogens with one attached hydrogen (secondary N) is 1. The van der Waals surface area contributed by atoms with Crippen LogP contribution in [0, 0.1) is 0 Å². The third-order valence-electron chi connectivity index (χ3n) is 1.30. The van der Waals surface area contributed by atoms with E-state index in [4.69, 9.17) is 9.26 Å². The lowest BCUT2D eigenvalue weighted by Gasteiger charge is -2.19. The number of carbonyl (C=O) groups is 1. The van der Waals surface area contributed by atoms with Crippen molar-refractivity contribution >= 4 is 6.09 Å². The summed E-state index contributed by atoms with van der Waals surface area (Å²) in [4.78, 5) is 11.2. The van der Waals surface area contributed by atoms with E-state index in [1.54, 1.807) is 26.8 Å². The van der Waals surface area contributed by atoms with E-state index in [9.17, 15) is 4.79 Å². The Kier molecular flexibility index (Phi) is 3.11. The van der Waals surface area contributed by atoms with Gasteiger partial charge in [-0.05, 0) is 20.8 Å². The zero-order chi connectivity index (χ0) is 10.6. The van der Waals surface area contributed by atoms with E-state index in [1.165, 1.54) is 6.20 Å². The van der Waals surface area contributed by atoms with Gasteiger partial charge in [0.25, 0.3) is 0 Å². The largest absolute Gasteiger partial charge is 0.444 e. The van der Waals surface area contributed by atoms with Gasteiger partial charge < -0.3 is 14.6 Å². The summed E-state index contributed by atoms with van der Waals surface area (Å²) >= 11 is 0. The van der Waals surface area contributed by atoms with Crippen molar-refractivity contribution in [3.05, 3.63) is 18.0 Å². The SMILES string of the molecule is CC(C)(C)OC(=O)NCc1ccno1. The molecular weight excluding hydrogens is 184 g/mol. The molecule has 0 saturated heterocycles. The first-order valence-electron chi connectivity index (χ1n) is 4.34. The van der Waals surface area contributed by atoms with E-state index in [1.807, 2.05) is 0 Å². The first-order valence-corrected chi connectivity index (χ1v) is 4.34. The zero-order valence-corrected chi connectivity index (χ0v) is 8.53. The summed E-state index contributed by atoms with van der Waals surface area (Å²) in [6.45, 7) is 5.71. The number of aromatic nitrogens is 1.